The maximum atomic E-state index is 14.4. The van der Waals surface area contributed by atoms with Gasteiger partial charge < -0.3 is 10.1 Å². The second-order valence-electron chi connectivity index (χ2n) is 5.66. The lowest BCUT2D eigenvalue weighted by Gasteiger charge is -2.07. The normalized spacial score (nSPS) is 10.7. The predicted octanol–water partition coefficient (Wildman–Crippen LogP) is 5.28. The van der Waals surface area contributed by atoms with Crippen LogP contribution in [0.25, 0.3) is 11.3 Å². The van der Waals surface area contributed by atoms with Gasteiger partial charge in [-0.2, -0.15) is 5.10 Å². The van der Waals surface area contributed by atoms with Crippen molar-refractivity contribution in [2.45, 2.75) is 13.5 Å². The van der Waals surface area contributed by atoms with Gasteiger partial charge in [-0.25, -0.2) is 4.39 Å². The molecular weight excluding hydrogens is 392 g/mol. The lowest BCUT2D eigenvalue weighted by atomic mass is 10.1. The fourth-order valence-electron chi connectivity index (χ4n) is 2.59. The molecule has 1 N–H and O–H groups in total. The summed E-state index contributed by atoms with van der Waals surface area (Å²) in [5, 5.41) is 7.70. The summed E-state index contributed by atoms with van der Waals surface area (Å²) in [5.41, 5.74) is 1.47. The highest BCUT2D eigenvalue weighted by Gasteiger charge is 2.18. The van der Waals surface area contributed by atoms with E-state index in [1.165, 1.54) is 13.2 Å². The van der Waals surface area contributed by atoms with Crippen LogP contribution >= 0.6 is 23.2 Å². The standard InChI is InChI=1S/C19H16Cl2FN3O2/c1-3-25-18(13-6-5-12(27-2)9-16(13)22)10-17(24-25)19(26)23-11-4-7-14(20)15(21)8-11/h4-10H,3H2,1-2H3,(H,23,26). The van der Waals surface area contributed by atoms with Gasteiger partial charge in [0.15, 0.2) is 5.69 Å². The summed E-state index contributed by atoms with van der Waals surface area (Å²) in [4.78, 5) is 12.5. The van der Waals surface area contributed by atoms with E-state index in [0.717, 1.165) is 0 Å². The zero-order chi connectivity index (χ0) is 19.6. The first-order valence-corrected chi connectivity index (χ1v) is 8.86. The van der Waals surface area contributed by atoms with Gasteiger partial charge in [0.25, 0.3) is 5.91 Å². The van der Waals surface area contributed by atoms with Crippen LogP contribution in [0.1, 0.15) is 17.4 Å². The quantitative estimate of drug-likeness (QED) is 0.625. The van der Waals surface area contributed by atoms with E-state index < -0.39 is 11.7 Å². The number of amides is 1. The van der Waals surface area contributed by atoms with E-state index in [1.807, 2.05) is 6.92 Å². The predicted molar refractivity (Wildman–Crippen MR) is 104 cm³/mol. The summed E-state index contributed by atoms with van der Waals surface area (Å²) in [5.74, 6) is -0.479. The smallest absolute Gasteiger partial charge is 0.276 e. The average Bonchev–Trinajstić information content (AvgIpc) is 3.09. The van der Waals surface area contributed by atoms with E-state index >= 15 is 0 Å². The molecule has 0 spiro atoms. The Balaban J connectivity index is 1.91. The van der Waals surface area contributed by atoms with Gasteiger partial charge in [-0.3, -0.25) is 9.48 Å². The fraction of sp³-hybridized carbons (Fsp3) is 0.158. The largest absolute Gasteiger partial charge is 0.497 e. The molecule has 140 valence electrons. The highest BCUT2D eigenvalue weighted by molar-refractivity contribution is 6.42. The van der Waals surface area contributed by atoms with Crippen LogP contribution in [-0.4, -0.2) is 22.8 Å². The number of nitrogens with one attached hydrogen (secondary N) is 1. The van der Waals surface area contributed by atoms with Gasteiger partial charge in [-0.15, -0.1) is 0 Å². The average molecular weight is 408 g/mol. The molecule has 1 heterocycles. The highest BCUT2D eigenvalue weighted by Crippen LogP contribution is 2.28. The highest BCUT2D eigenvalue weighted by atomic mass is 35.5. The van der Waals surface area contributed by atoms with Gasteiger partial charge in [-0.05, 0) is 43.3 Å². The van der Waals surface area contributed by atoms with Gasteiger partial charge >= 0.3 is 0 Å². The number of aromatic nitrogens is 2. The van der Waals surface area contributed by atoms with Crippen LogP contribution in [-0.2, 0) is 6.54 Å². The molecule has 0 fully saturated rings. The number of halogens is 3. The van der Waals surface area contributed by atoms with Crippen molar-refractivity contribution in [1.82, 2.24) is 9.78 Å². The number of aryl methyl sites for hydroxylation is 1. The number of ether oxygens (including phenoxy) is 1. The molecule has 1 aromatic heterocycles. The number of nitrogens with zero attached hydrogens (tertiary/aromatic N) is 2. The molecule has 2 aromatic carbocycles. The van der Waals surface area contributed by atoms with Crippen LogP contribution in [0.5, 0.6) is 5.75 Å². The van der Waals surface area contributed by atoms with Gasteiger partial charge in [0.1, 0.15) is 11.6 Å². The second-order valence-corrected chi connectivity index (χ2v) is 6.47. The van der Waals surface area contributed by atoms with Gasteiger partial charge in [0.2, 0.25) is 0 Å². The number of methoxy groups -OCH3 is 1. The van der Waals surface area contributed by atoms with Crippen LogP contribution in [0.3, 0.4) is 0 Å². The molecule has 0 saturated heterocycles. The Kier molecular flexibility index (Phi) is 5.68. The number of carbonyl (C=O) groups excluding carboxylic acids is 1. The summed E-state index contributed by atoms with van der Waals surface area (Å²) < 4.78 is 21.0. The van der Waals surface area contributed by atoms with E-state index in [1.54, 1.807) is 41.1 Å². The van der Waals surface area contributed by atoms with E-state index in [9.17, 15) is 9.18 Å². The Morgan fingerprint density at radius 1 is 1.19 bits per heavy atom. The van der Waals surface area contributed by atoms with Crippen molar-refractivity contribution in [3.63, 3.8) is 0 Å². The number of hydrogen-bond donors (Lipinski definition) is 1. The van der Waals surface area contributed by atoms with Crippen molar-refractivity contribution in [3.8, 4) is 17.0 Å². The molecular formula is C19H16Cl2FN3O2. The summed E-state index contributed by atoms with van der Waals surface area (Å²) in [6.45, 7) is 2.33. The lowest BCUT2D eigenvalue weighted by Crippen LogP contribution is -2.13. The van der Waals surface area contributed by atoms with E-state index in [0.29, 0.717) is 39.3 Å². The number of rotatable bonds is 5. The summed E-state index contributed by atoms with van der Waals surface area (Å²) >= 11 is 11.8. The SMILES string of the molecule is CCn1nc(C(=O)Nc2ccc(Cl)c(Cl)c2)cc1-c1ccc(OC)cc1F. The van der Waals surface area contributed by atoms with E-state index in [4.69, 9.17) is 27.9 Å². The molecule has 0 aliphatic rings. The Morgan fingerprint density at radius 2 is 1.96 bits per heavy atom. The first-order chi connectivity index (χ1) is 12.9. The molecule has 8 heteroatoms. The number of anilines is 1. The maximum absolute atomic E-state index is 14.4. The van der Waals surface area contributed by atoms with Crippen LogP contribution in [0.15, 0.2) is 42.5 Å². The van der Waals surface area contributed by atoms with Gasteiger partial charge in [-0.1, -0.05) is 23.2 Å². The monoisotopic (exact) mass is 407 g/mol. The van der Waals surface area contributed by atoms with Crippen molar-refractivity contribution in [1.29, 1.82) is 0 Å². The van der Waals surface area contributed by atoms with Crippen LogP contribution < -0.4 is 10.1 Å². The van der Waals surface area contributed by atoms with Crippen LogP contribution in [0.2, 0.25) is 10.0 Å². The maximum Gasteiger partial charge on any atom is 0.276 e. The summed E-state index contributed by atoms with van der Waals surface area (Å²) in [6.07, 6.45) is 0. The van der Waals surface area contributed by atoms with Crippen molar-refractivity contribution in [2.24, 2.45) is 0 Å². The molecule has 3 aromatic rings. The third-order valence-corrected chi connectivity index (χ3v) is 4.68. The molecule has 0 atom stereocenters. The van der Waals surface area contributed by atoms with E-state index in [-0.39, 0.29) is 5.69 Å². The van der Waals surface area contributed by atoms with Crippen molar-refractivity contribution in [2.75, 3.05) is 12.4 Å². The van der Waals surface area contributed by atoms with Crippen LogP contribution in [0.4, 0.5) is 10.1 Å². The molecule has 0 bridgehead atoms. The zero-order valence-electron chi connectivity index (χ0n) is 14.6. The topological polar surface area (TPSA) is 56.2 Å². The van der Waals surface area contributed by atoms with E-state index in [2.05, 4.69) is 10.4 Å². The molecule has 0 aliphatic heterocycles. The minimum Gasteiger partial charge on any atom is -0.497 e. The zero-order valence-corrected chi connectivity index (χ0v) is 16.1. The Bertz CT molecular complexity index is 1000. The summed E-state index contributed by atoms with van der Waals surface area (Å²) in [7, 11) is 1.47. The fourth-order valence-corrected chi connectivity index (χ4v) is 2.88. The summed E-state index contributed by atoms with van der Waals surface area (Å²) in [6, 6.07) is 10.8. The molecule has 27 heavy (non-hydrogen) atoms. The van der Waals surface area contributed by atoms with Crippen LogP contribution in [0, 0.1) is 5.82 Å². The van der Waals surface area contributed by atoms with Gasteiger partial charge in [0.05, 0.1) is 22.8 Å². The molecule has 0 saturated carbocycles. The first-order valence-electron chi connectivity index (χ1n) is 8.11. The third-order valence-electron chi connectivity index (χ3n) is 3.94. The van der Waals surface area contributed by atoms with Gasteiger partial charge in [0, 0.05) is 23.9 Å². The number of hydrogen-bond acceptors (Lipinski definition) is 3. The molecule has 5 nitrogen and oxygen atoms in total. The molecule has 3 rings (SSSR count). The Morgan fingerprint density at radius 3 is 2.59 bits per heavy atom. The molecule has 0 radical (unpaired) electrons. The van der Waals surface area contributed by atoms with Crippen molar-refractivity contribution >= 4 is 34.8 Å². The minimum atomic E-state index is -0.458. The second kappa shape index (κ2) is 7.98. The molecule has 0 aliphatic carbocycles. The minimum absolute atomic E-state index is 0.160. The van der Waals surface area contributed by atoms with Crippen molar-refractivity contribution in [3.05, 3.63) is 64.0 Å². The first kappa shape index (κ1) is 19.2. The van der Waals surface area contributed by atoms with Crippen molar-refractivity contribution < 1.29 is 13.9 Å². The third kappa shape index (κ3) is 4.07. The number of benzene rings is 2. The molecule has 1 amide bonds. The number of carbonyl (C=O) groups is 1. The Labute approximate surface area is 165 Å². The Hall–Kier alpha value is -2.57. The lowest BCUT2D eigenvalue weighted by molar-refractivity contribution is 0.102. The molecule has 0 unspecified atom stereocenters.